The number of thiazole rings is 1. The van der Waals surface area contributed by atoms with E-state index in [0.717, 1.165) is 44.9 Å². The van der Waals surface area contributed by atoms with Crippen molar-refractivity contribution < 1.29 is 14.3 Å². The van der Waals surface area contributed by atoms with Crippen molar-refractivity contribution in [3.8, 4) is 0 Å². The van der Waals surface area contributed by atoms with Crippen molar-refractivity contribution >= 4 is 40.1 Å². The first-order chi connectivity index (χ1) is 14.1. The molecule has 162 valence electrons. The molecule has 0 aromatic carbocycles. The van der Waals surface area contributed by atoms with Gasteiger partial charge >= 0.3 is 12.0 Å². The van der Waals surface area contributed by atoms with Crippen LogP contribution >= 0.6 is 22.9 Å². The molecule has 1 N–H and O–H groups in total. The van der Waals surface area contributed by atoms with Gasteiger partial charge in [-0.25, -0.2) is 9.78 Å². The smallest absolute Gasteiger partial charge is 0.324 e. The molecule has 0 bridgehead atoms. The van der Waals surface area contributed by atoms with Crippen LogP contribution in [0, 0.1) is 5.92 Å². The van der Waals surface area contributed by atoms with Gasteiger partial charge in [-0.15, -0.1) is 0 Å². The molecule has 1 heterocycles. The molecule has 0 spiro atoms. The molecule has 2 aliphatic rings. The molecule has 8 heteroatoms. The van der Waals surface area contributed by atoms with Crippen LogP contribution in [0.5, 0.6) is 0 Å². The first kappa shape index (κ1) is 22.3. The Kier molecular flexibility index (Phi) is 8.60. The molecule has 29 heavy (non-hydrogen) atoms. The van der Waals surface area contributed by atoms with Crippen LogP contribution in [0.15, 0.2) is 6.20 Å². The minimum atomic E-state index is -0.0973. The fraction of sp³-hybridized carbons (Fsp3) is 0.762. The number of carbonyl (C=O) groups excluding carboxylic acids is 2. The molecular weight excluding hydrogens is 410 g/mol. The van der Waals surface area contributed by atoms with Gasteiger partial charge in [-0.05, 0) is 57.8 Å². The van der Waals surface area contributed by atoms with Crippen molar-refractivity contribution in [2.45, 2.75) is 89.6 Å². The maximum atomic E-state index is 13.2. The van der Waals surface area contributed by atoms with Crippen LogP contribution in [0.2, 0.25) is 4.34 Å². The molecule has 0 saturated heterocycles. The second kappa shape index (κ2) is 11.2. The molecule has 0 aliphatic heterocycles. The Hall–Kier alpha value is -1.34. The van der Waals surface area contributed by atoms with Gasteiger partial charge in [-0.3, -0.25) is 10.1 Å². The highest BCUT2D eigenvalue weighted by Crippen LogP contribution is 2.35. The number of ether oxygens (including phenoxy) is 1. The number of urea groups is 1. The van der Waals surface area contributed by atoms with E-state index in [0.29, 0.717) is 34.5 Å². The van der Waals surface area contributed by atoms with Crippen molar-refractivity contribution in [1.82, 2.24) is 9.88 Å². The fourth-order valence-corrected chi connectivity index (χ4v) is 5.53. The average Bonchev–Trinajstić information content (AvgIpc) is 3.13. The predicted molar refractivity (Wildman–Crippen MR) is 116 cm³/mol. The number of esters is 1. The van der Waals surface area contributed by atoms with E-state index in [1.807, 2.05) is 6.92 Å². The second-order valence-corrected chi connectivity index (χ2v) is 9.78. The lowest BCUT2D eigenvalue weighted by atomic mass is 9.81. The second-order valence-electron chi connectivity index (χ2n) is 8.12. The molecule has 3 rings (SSSR count). The number of hydrogen-bond acceptors (Lipinski definition) is 5. The monoisotopic (exact) mass is 441 g/mol. The number of nitrogens with one attached hydrogen (secondary N) is 1. The van der Waals surface area contributed by atoms with Crippen LogP contribution in [0.3, 0.4) is 0 Å². The van der Waals surface area contributed by atoms with Crippen LogP contribution in [0.25, 0.3) is 0 Å². The normalized spacial score (nSPS) is 22.8. The third-order valence-corrected chi connectivity index (χ3v) is 7.20. The van der Waals surface area contributed by atoms with E-state index in [4.69, 9.17) is 16.3 Å². The van der Waals surface area contributed by atoms with Crippen LogP contribution in [0.4, 0.5) is 9.93 Å². The minimum Gasteiger partial charge on any atom is -0.466 e. The summed E-state index contributed by atoms with van der Waals surface area (Å²) < 4.78 is 5.62. The highest BCUT2D eigenvalue weighted by Gasteiger charge is 2.34. The minimum absolute atomic E-state index is 0.0436. The summed E-state index contributed by atoms with van der Waals surface area (Å²) in [5.74, 6) is 0.449. The number of hydrogen-bond donors (Lipinski definition) is 1. The first-order valence-corrected chi connectivity index (χ1v) is 12.1. The summed E-state index contributed by atoms with van der Waals surface area (Å²) >= 11 is 7.26. The van der Waals surface area contributed by atoms with Gasteiger partial charge in [0, 0.05) is 18.5 Å². The van der Waals surface area contributed by atoms with Crippen LogP contribution < -0.4 is 5.32 Å². The zero-order valence-electron chi connectivity index (χ0n) is 17.2. The maximum absolute atomic E-state index is 13.2. The highest BCUT2D eigenvalue weighted by molar-refractivity contribution is 7.19. The Morgan fingerprint density at radius 1 is 1.17 bits per heavy atom. The van der Waals surface area contributed by atoms with E-state index in [-0.39, 0.29) is 18.0 Å². The van der Waals surface area contributed by atoms with E-state index in [2.05, 4.69) is 15.2 Å². The Bertz CT molecular complexity index is 670. The number of nitrogens with zero attached hydrogens (tertiary/aromatic N) is 2. The van der Waals surface area contributed by atoms with Gasteiger partial charge in [0.2, 0.25) is 0 Å². The van der Waals surface area contributed by atoms with Crippen molar-refractivity contribution in [3.05, 3.63) is 10.5 Å². The molecule has 0 atom stereocenters. The lowest BCUT2D eigenvalue weighted by molar-refractivity contribution is -0.143. The molecule has 6 nitrogen and oxygen atoms in total. The summed E-state index contributed by atoms with van der Waals surface area (Å²) in [5.41, 5.74) is 0. The number of carbonyl (C=O) groups is 2. The summed E-state index contributed by atoms with van der Waals surface area (Å²) in [6, 6.07) is 0.519. The van der Waals surface area contributed by atoms with Gasteiger partial charge in [-0.1, -0.05) is 42.2 Å². The molecule has 0 unspecified atom stereocenters. The zero-order chi connectivity index (χ0) is 20.6. The lowest BCUT2D eigenvalue weighted by Gasteiger charge is -2.42. The Morgan fingerprint density at radius 2 is 1.86 bits per heavy atom. The van der Waals surface area contributed by atoms with Crippen molar-refractivity contribution in [3.63, 3.8) is 0 Å². The Morgan fingerprint density at radius 3 is 2.48 bits per heavy atom. The SMILES string of the molecule is CCOC(=O)CCC1CCC(N(C(=O)Nc2ncc(Cl)s2)C2CCCCC2)CC1. The van der Waals surface area contributed by atoms with Crippen molar-refractivity contribution in [2.24, 2.45) is 5.92 Å². The molecule has 2 saturated carbocycles. The van der Waals surface area contributed by atoms with E-state index in [1.54, 1.807) is 6.20 Å². The van der Waals surface area contributed by atoms with Gasteiger partial charge < -0.3 is 9.64 Å². The summed E-state index contributed by atoms with van der Waals surface area (Å²) in [5, 5.41) is 3.53. The summed E-state index contributed by atoms with van der Waals surface area (Å²) in [6.45, 7) is 2.29. The molecular formula is C21H32ClN3O3S. The molecule has 2 amide bonds. The molecule has 2 fully saturated rings. The van der Waals surface area contributed by atoms with Crippen molar-refractivity contribution in [1.29, 1.82) is 0 Å². The van der Waals surface area contributed by atoms with Gasteiger partial charge in [0.1, 0.15) is 4.34 Å². The van der Waals surface area contributed by atoms with Gasteiger partial charge in [0.15, 0.2) is 5.13 Å². The lowest BCUT2D eigenvalue weighted by Crippen LogP contribution is -2.51. The number of rotatable bonds is 7. The van der Waals surface area contributed by atoms with E-state index >= 15 is 0 Å². The average molecular weight is 442 g/mol. The fourth-order valence-electron chi connectivity index (χ4n) is 4.72. The Balaban J connectivity index is 1.58. The first-order valence-electron chi connectivity index (χ1n) is 10.9. The largest absolute Gasteiger partial charge is 0.466 e. The Labute approximate surface area is 182 Å². The molecule has 1 aromatic rings. The van der Waals surface area contributed by atoms with E-state index < -0.39 is 0 Å². The van der Waals surface area contributed by atoms with E-state index in [9.17, 15) is 9.59 Å². The topological polar surface area (TPSA) is 71.5 Å². The third kappa shape index (κ3) is 6.57. The number of anilines is 1. The number of amides is 2. The summed E-state index contributed by atoms with van der Waals surface area (Å²) in [7, 11) is 0. The van der Waals surface area contributed by atoms with Crippen LogP contribution in [-0.2, 0) is 9.53 Å². The van der Waals surface area contributed by atoms with Gasteiger partial charge in [0.25, 0.3) is 0 Å². The van der Waals surface area contributed by atoms with Crippen LogP contribution in [-0.4, -0.2) is 40.6 Å². The number of aromatic nitrogens is 1. The highest BCUT2D eigenvalue weighted by atomic mass is 35.5. The zero-order valence-corrected chi connectivity index (χ0v) is 18.8. The molecule has 2 aliphatic carbocycles. The standard InChI is InChI=1S/C21H32ClN3O3S/c1-2-28-19(26)13-10-15-8-11-17(12-9-15)25(16-6-4-3-5-7-16)21(27)24-20-23-14-18(22)29-20/h14-17H,2-13H2,1H3,(H,23,24,27). The summed E-state index contributed by atoms with van der Waals surface area (Å²) in [6.07, 6.45) is 12.9. The number of halogens is 1. The third-order valence-electron chi connectivity index (χ3n) is 6.17. The van der Waals surface area contributed by atoms with Gasteiger partial charge in [-0.2, -0.15) is 0 Å². The maximum Gasteiger partial charge on any atom is 0.324 e. The molecule has 1 aromatic heterocycles. The van der Waals surface area contributed by atoms with Gasteiger partial charge in [0.05, 0.1) is 12.8 Å². The molecule has 0 radical (unpaired) electrons. The quantitative estimate of drug-likeness (QED) is 0.537. The predicted octanol–water partition coefficient (Wildman–Crippen LogP) is 5.87. The van der Waals surface area contributed by atoms with E-state index in [1.165, 1.54) is 30.6 Å². The van der Waals surface area contributed by atoms with Crippen LogP contribution in [0.1, 0.15) is 77.6 Å². The van der Waals surface area contributed by atoms with Crippen molar-refractivity contribution in [2.75, 3.05) is 11.9 Å². The summed E-state index contributed by atoms with van der Waals surface area (Å²) in [4.78, 5) is 31.1.